The van der Waals surface area contributed by atoms with E-state index in [1.54, 1.807) is 9.12 Å². The van der Waals surface area contributed by atoms with Crippen LogP contribution in [0.15, 0.2) is 176 Å². The van der Waals surface area contributed by atoms with Gasteiger partial charge in [0.15, 0.2) is 7.14 Å². The van der Waals surface area contributed by atoms with Crippen LogP contribution in [0, 0.1) is 0 Å². The second kappa shape index (κ2) is 12.7. The van der Waals surface area contributed by atoms with E-state index in [-0.39, 0.29) is 0 Å². The van der Waals surface area contributed by atoms with Crippen LogP contribution in [-0.2, 0) is 9.13 Å². The van der Waals surface area contributed by atoms with Crippen LogP contribution in [0.5, 0.6) is 0 Å². The SMILES string of the molecule is O=P.O=P(c1ccccc1)(c1ccccc1)c1cccc(-c2c3ccccc3c(-c3ccc4ccccc4c3)c3ccccc23)c1. The summed E-state index contributed by atoms with van der Waals surface area (Å²) < 4.78 is 23.3. The van der Waals surface area contributed by atoms with Gasteiger partial charge in [-0.25, -0.2) is 0 Å². The molecule has 0 radical (unpaired) electrons. The summed E-state index contributed by atoms with van der Waals surface area (Å²) in [4.78, 5) is 0. The van der Waals surface area contributed by atoms with Crippen molar-refractivity contribution >= 4 is 64.5 Å². The lowest BCUT2D eigenvalue weighted by Crippen LogP contribution is -2.25. The van der Waals surface area contributed by atoms with Crippen LogP contribution in [0.1, 0.15) is 0 Å². The smallest absolute Gasteiger partial charge is 0.171 e. The van der Waals surface area contributed by atoms with Gasteiger partial charge >= 0.3 is 0 Å². The molecule has 8 aromatic carbocycles. The molecule has 0 aliphatic heterocycles. The second-order valence-electron chi connectivity index (χ2n) is 11.2. The van der Waals surface area contributed by atoms with Gasteiger partial charge in [-0.2, -0.15) is 0 Å². The van der Waals surface area contributed by atoms with Crippen molar-refractivity contribution in [1.29, 1.82) is 0 Å². The molecule has 8 rings (SSSR count). The van der Waals surface area contributed by atoms with Crippen molar-refractivity contribution in [2.24, 2.45) is 0 Å². The second-order valence-corrected chi connectivity index (χ2v) is 14.0. The fourth-order valence-corrected chi connectivity index (χ4v) is 9.37. The van der Waals surface area contributed by atoms with E-state index < -0.39 is 7.14 Å². The number of benzene rings is 8. The molecule has 0 unspecified atom stereocenters. The topological polar surface area (TPSA) is 34.1 Å². The monoisotopic (exact) mass is 628 g/mol. The van der Waals surface area contributed by atoms with E-state index in [0.717, 1.165) is 27.0 Å². The third kappa shape index (κ3) is 5.07. The first-order valence-electron chi connectivity index (χ1n) is 15.2. The first-order valence-corrected chi connectivity index (χ1v) is 17.3. The molecule has 0 amide bonds. The summed E-state index contributed by atoms with van der Waals surface area (Å²) in [5, 5.41) is 9.74. The molecule has 0 atom stereocenters. The Kier molecular flexibility index (Phi) is 8.17. The van der Waals surface area contributed by atoms with E-state index in [2.05, 4.69) is 109 Å². The van der Waals surface area contributed by atoms with Crippen LogP contribution < -0.4 is 15.9 Å². The summed E-state index contributed by atoms with van der Waals surface area (Å²) in [6.45, 7) is 0. The van der Waals surface area contributed by atoms with Gasteiger partial charge in [-0.15, -0.1) is 0 Å². The molecule has 0 saturated heterocycles. The Labute approximate surface area is 271 Å². The third-order valence-corrected chi connectivity index (χ3v) is 11.8. The molecule has 0 N–H and O–H groups in total. The number of rotatable bonds is 5. The van der Waals surface area contributed by atoms with Crippen molar-refractivity contribution < 1.29 is 9.13 Å². The minimum absolute atomic E-state index is 0.833. The maximum absolute atomic E-state index is 15.3. The van der Waals surface area contributed by atoms with Crippen molar-refractivity contribution in [3.63, 3.8) is 0 Å². The highest BCUT2D eigenvalue weighted by Gasteiger charge is 2.30. The van der Waals surface area contributed by atoms with Crippen molar-refractivity contribution in [2.75, 3.05) is 0 Å². The molecule has 0 bridgehead atoms. The van der Waals surface area contributed by atoms with Crippen LogP contribution in [0.3, 0.4) is 0 Å². The maximum atomic E-state index is 15.3. The van der Waals surface area contributed by atoms with E-state index in [9.17, 15) is 0 Å². The number of hydrogen-bond acceptors (Lipinski definition) is 2. The first kappa shape index (κ1) is 29.6. The highest BCUT2D eigenvalue weighted by atomic mass is 31.2. The minimum atomic E-state index is -3.13. The predicted octanol–water partition coefficient (Wildman–Crippen LogP) is 10.6. The van der Waals surface area contributed by atoms with Gasteiger partial charge in [-0.1, -0.05) is 164 Å². The highest BCUT2D eigenvalue weighted by Crippen LogP contribution is 2.46. The Hall–Kier alpha value is -5.13. The van der Waals surface area contributed by atoms with Gasteiger partial charge in [-0.3, -0.25) is 4.57 Å². The summed E-state index contributed by atoms with van der Waals surface area (Å²) in [6.07, 6.45) is 0. The van der Waals surface area contributed by atoms with Crippen LogP contribution in [0.25, 0.3) is 54.6 Å². The van der Waals surface area contributed by atoms with Crippen molar-refractivity contribution in [1.82, 2.24) is 0 Å². The average Bonchev–Trinajstić information content (AvgIpc) is 3.15. The van der Waals surface area contributed by atoms with Crippen molar-refractivity contribution in [3.05, 3.63) is 176 Å². The van der Waals surface area contributed by atoms with Crippen molar-refractivity contribution in [3.8, 4) is 22.3 Å². The van der Waals surface area contributed by atoms with Gasteiger partial charge in [0, 0.05) is 15.9 Å². The van der Waals surface area contributed by atoms with E-state index in [1.165, 1.54) is 43.4 Å². The number of hydrogen-bond donors (Lipinski definition) is 0. The Morgan fingerprint density at radius 3 is 1.28 bits per heavy atom. The number of fused-ring (bicyclic) bond motifs is 3. The summed E-state index contributed by atoms with van der Waals surface area (Å²) in [6, 6.07) is 60.9. The summed E-state index contributed by atoms with van der Waals surface area (Å²) in [5.74, 6) is 0. The average molecular weight is 629 g/mol. The van der Waals surface area contributed by atoms with Gasteiger partial charge in [0.1, 0.15) is 9.12 Å². The highest BCUT2D eigenvalue weighted by molar-refractivity contribution is 7.85. The quantitative estimate of drug-likeness (QED) is 0.140. The maximum Gasteiger partial charge on any atom is 0.171 e. The zero-order chi connectivity index (χ0) is 31.5. The Balaban J connectivity index is 0.00000166. The molecule has 2 nitrogen and oxygen atoms in total. The van der Waals surface area contributed by atoms with E-state index in [0.29, 0.717) is 0 Å². The zero-order valence-electron chi connectivity index (χ0n) is 25.0. The van der Waals surface area contributed by atoms with Gasteiger partial charge < -0.3 is 4.57 Å². The van der Waals surface area contributed by atoms with Gasteiger partial charge in [0.05, 0.1) is 0 Å². The molecule has 0 saturated carbocycles. The Morgan fingerprint density at radius 1 is 0.348 bits per heavy atom. The molecule has 0 aliphatic rings. The zero-order valence-corrected chi connectivity index (χ0v) is 26.9. The van der Waals surface area contributed by atoms with Crippen LogP contribution in [-0.4, -0.2) is 0 Å². The lowest BCUT2D eigenvalue weighted by atomic mass is 9.85. The van der Waals surface area contributed by atoms with Gasteiger partial charge in [0.25, 0.3) is 0 Å². The van der Waals surface area contributed by atoms with E-state index in [1.807, 2.05) is 66.7 Å². The molecule has 0 spiro atoms. The third-order valence-electron chi connectivity index (χ3n) is 8.71. The standard InChI is InChI=1S/C42H29OP.HOP/c43-44(34-17-3-1-4-18-34,35-19-5-2-6-20-35)36-21-13-16-32(29-36)41-37-22-9-11-24-39(37)42(40-25-12-10-23-38(40)41)33-27-26-30-14-7-8-15-31(30)28-33;1-2/h1-29H;2H. The lowest BCUT2D eigenvalue weighted by Gasteiger charge is -2.22. The van der Waals surface area contributed by atoms with E-state index in [4.69, 9.17) is 4.57 Å². The molecule has 4 heteroatoms. The molecule has 0 aliphatic carbocycles. The van der Waals surface area contributed by atoms with Crippen LogP contribution in [0.2, 0.25) is 0 Å². The fraction of sp³-hybridized carbons (Fsp3) is 0. The molecule has 46 heavy (non-hydrogen) atoms. The molecule has 0 fully saturated rings. The summed E-state index contributed by atoms with van der Waals surface area (Å²) in [5.41, 5.74) is 4.66. The molecule has 0 aromatic heterocycles. The normalized spacial score (nSPS) is 11.3. The Morgan fingerprint density at radius 2 is 0.761 bits per heavy atom. The van der Waals surface area contributed by atoms with Crippen molar-refractivity contribution in [2.45, 2.75) is 0 Å². The van der Waals surface area contributed by atoms with E-state index >= 15 is 4.57 Å². The molecular weight excluding hydrogens is 598 g/mol. The fourth-order valence-electron chi connectivity index (χ4n) is 6.68. The van der Waals surface area contributed by atoms with Crippen LogP contribution in [0.4, 0.5) is 0 Å². The summed E-state index contributed by atoms with van der Waals surface area (Å²) >= 11 is 0. The van der Waals surface area contributed by atoms with Crippen LogP contribution >= 0.6 is 16.3 Å². The van der Waals surface area contributed by atoms with Gasteiger partial charge in [0.2, 0.25) is 0 Å². The minimum Gasteiger partial charge on any atom is -0.309 e. The lowest BCUT2D eigenvalue weighted by molar-refractivity contribution is 0.592. The Bertz CT molecular complexity index is 2280. The molecule has 0 heterocycles. The molecular formula is C42H30O2P2. The largest absolute Gasteiger partial charge is 0.309 e. The molecule has 220 valence electrons. The molecule has 8 aromatic rings. The predicted molar refractivity (Wildman–Crippen MR) is 198 cm³/mol. The van der Waals surface area contributed by atoms with Gasteiger partial charge in [-0.05, 0) is 66.7 Å². The summed E-state index contributed by atoms with van der Waals surface area (Å²) in [7, 11) is -1.40. The first-order chi connectivity index (χ1) is 22.7.